The summed E-state index contributed by atoms with van der Waals surface area (Å²) in [5, 5.41) is 4.98. The van der Waals surface area contributed by atoms with E-state index in [1.165, 1.54) is 18.1 Å². The van der Waals surface area contributed by atoms with Gasteiger partial charge in [-0.05, 0) is 45.5 Å². The van der Waals surface area contributed by atoms with Crippen molar-refractivity contribution in [3.8, 4) is 11.1 Å². The van der Waals surface area contributed by atoms with Crippen molar-refractivity contribution < 1.29 is 14.3 Å². The standard InChI is InChI=1S/C29H25NO3/c1-19(31)28(17-21-11-8-10-20-9-2-3-12-22(20)21)30-29(32)33-18-27-25-15-6-4-13-23(25)24-14-5-7-16-26(24)27/h2-16,27-28H,17-18H2,1H3,(H,30,32)/t28-/m0/s1. The Morgan fingerprint density at radius 3 is 2.12 bits per heavy atom. The minimum Gasteiger partial charge on any atom is -0.449 e. The first-order valence-corrected chi connectivity index (χ1v) is 11.2. The van der Waals surface area contributed by atoms with E-state index in [1.807, 2.05) is 66.7 Å². The van der Waals surface area contributed by atoms with E-state index in [9.17, 15) is 9.59 Å². The summed E-state index contributed by atoms with van der Waals surface area (Å²) >= 11 is 0. The van der Waals surface area contributed by atoms with Gasteiger partial charge in [-0.2, -0.15) is 0 Å². The Morgan fingerprint density at radius 1 is 0.818 bits per heavy atom. The maximum Gasteiger partial charge on any atom is 0.407 e. The van der Waals surface area contributed by atoms with Crippen LogP contribution in [0.15, 0.2) is 91.0 Å². The Hall–Kier alpha value is -3.92. The molecule has 5 rings (SSSR count). The van der Waals surface area contributed by atoms with Gasteiger partial charge in [0.25, 0.3) is 0 Å². The van der Waals surface area contributed by atoms with Gasteiger partial charge in [0.05, 0.1) is 6.04 Å². The highest BCUT2D eigenvalue weighted by atomic mass is 16.5. The topological polar surface area (TPSA) is 55.4 Å². The van der Waals surface area contributed by atoms with Crippen LogP contribution in [0.3, 0.4) is 0 Å². The van der Waals surface area contributed by atoms with Gasteiger partial charge in [-0.25, -0.2) is 4.79 Å². The summed E-state index contributed by atoms with van der Waals surface area (Å²) in [5.41, 5.74) is 5.70. The molecule has 0 fully saturated rings. The molecule has 1 atom stereocenters. The van der Waals surface area contributed by atoms with Gasteiger partial charge < -0.3 is 10.1 Å². The van der Waals surface area contributed by atoms with Gasteiger partial charge in [-0.3, -0.25) is 4.79 Å². The van der Waals surface area contributed by atoms with Gasteiger partial charge in [0.15, 0.2) is 5.78 Å². The molecule has 4 heteroatoms. The summed E-state index contributed by atoms with van der Waals surface area (Å²) in [6.07, 6.45) is -0.154. The van der Waals surface area contributed by atoms with E-state index < -0.39 is 12.1 Å². The molecule has 0 aromatic heterocycles. The number of Topliss-reactive ketones (excluding diaryl/α,β-unsaturated/α-hetero) is 1. The molecule has 0 spiro atoms. The fourth-order valence-corrected chi connectivity index (χ4v) is 4.77. The van der Waals surface area contributed by atoms with E-state index in [0.717, 1.165) is 27.5 Å². The van der Waals surface area contributed by atoms with E-state index in [0.29, 0.717) is 6.42 Å². The Labute approximate surface area is 193 Å². The highest BCUT2D eigenvalue weighted by Crippen LogP contribution is 2.44. The van der Waals surface area contributed by atoms with Crippen molar-refractivity contribution >= 4 is 22.6 Å². The number of ketones is 1. The normalized spacial score (nSPS) is 13.2. The third kappa shape index (κ3) is 4.12. The number of fused-ring (bicyclic) bond motifs is 4. The third-order valence-electron chi connectivity index (χ3n) is 6.43. The van der Waals surface area contributed by atoms with Crippen molar-refractivity contribution in [1.29, 1.82) is 0 Å². The number of nitrogens with one attached hydrogen (secondary N) is 1. The minimum absolute atomic E-state index is 0.0167. The molecule has 4 nitrogen and oxygen atoms in total. The number of carbonyl (C=O) groups is 2. The second kappa shape index (κ2) is 8.91. The summed E-state index contributed by atoms with van der Waals surface area (Å²) in [6, 6.07) is 29.8. The minimum atomic E-state index is -0.647. The fourth-order valence-electron chi connectivity index (χ4n) is 4.77. The molecule has 1 aliphatic carbocycles. The number of rotatable bonds is 6. The van der Waals surface area contributed by atoms with Gasteiger partial charge in [-0.15, -0.1) is 0 Å². The van der Waals surface area contributed by atoms with Gasteiger partial charge in [-0.1, -0.05) is 91.0 Å². The number of hydrogen-bond donors (Lipinski definition) is 1. The molecule has 1 N–H and O–H groups in total. The van der Waals surface area contributed by atoms with Crippen molar-refractivity contribution in [3.63, 3.8) is 0 Å². The van der Waals surface area contributed by atoms with Crippen LogP contribution in [0.25, 0.3) is 21.9 Å². The lowest BCUT2D eigenvalue weighted by atomic mass is 9.97. The van der Waals surface area contributed by atoms with Crippen molar-refractivity contribution in [2.75, 3.05) is 6.61 Å². The summed E-state index contributed by atoms with van der Waals surface area (Å²) in [6.45, 7) is 1.72. The van der Waals surface area contributed by atoms with Crippen molar-refractivity contribution in [3.05, 3.63) is 108 Å². The van der Waals surface area contributed by atoms with Crippen molar-refractivity contribution in [2.45, 2.75) is 25.3 Å². The highest BCUT2D eigenvalue weighted by Gasteiger charge is 2.29. The van der Waals surface area contributed by atoms with Crippen LogP contribution in [-0.2, 0) is 16.0 Å². The summed E-state index contributed by atoms with van der Waals surface area (Å²) in [7, 11) is 0. The second-order valence-corrected chi connectivity index (χ2v) is 8.48. The van der Waals surface area contributed by atoms with Gasteiger partial charge in [0.1, 0.15) is 6.61 Å². The van der Waals surface area contributed by atoms with Crippen molar-refractivity contribution in [2.24, 2.45) is 0 Å². The Balaban J connectivity index is 1.29. The number of ether oxygens (including phenoxy) is 1. The van der Waals surface area contributed by atoms with E-state index >= 15 is 0 Å². The van der Waals surface area contributed by atoms with Crippen LogP contribution in [0, 0.1) is 0 Å². The SMILES string of the molecule is CC(=O)[C@H](Cc1cccc2ccccc12)NC(=O)OCC1c2ccccc2-c2ccccc21. The first-order valence-electron chi connectivity index (χ1n) is 11.2. The molecule has 1 amide bonds. The van der Waals surface area contributed by atoms with Crippen LogP contribution in [0.5, 0.6) is 0 Å². The lowest BCUT2D eigenvalue weighted by Crippen LogP contribution is -2.42. The quantitative estimate of drug-likeness (QED) is 0.412. The van der Waals surface area contributed by atoms with E-state index in [1.54, 1.807) is 0 Å². The maximum absolute atomic E-state index is 12.7. The second-order valence-electron chi connectivity index (χ2n) is 8.48. The molecular formula is C29H25NO3. The fraction of sp³-hybridized carbons (Fsp3) is 0.172. The monoisotopic (exact) mass is 435 g/mol. The van der Waals surface area contributed by atoms with Crippen LogP contribution < -0.4 is 5.32 Å². The molecule has 4 aromatic rings. The first-order chi connectivity index (χ1) is 16.1. The molecule has 164 valence electrons. The summed E-state index contributed by atoms with van der Waals surface area (Å²) in [5.74, 6) is -0.117. The smallest absolute Gasteiger partial charge is 0.407 e. The number of benzene rings is 4. The molecule has 4 aromatic carbocycles. The molecule has 0 saturated heterocycles. The number of carbonyl (C=O) groups excluding carboxylic acids is 2. The number of hydrogen-bond acceptors (Lipinski definition) is 3. The van der Waals surface area contributed by atoms with E-state index in [2.05, 4.69) is 29.6 Å². The average molecular weight is 436 g/mol. The number of alkyl carbamates (subject to hydrolysis) is 1. The predicted molar refractivity (Wildman–Crippen MR) is 130 cm³/mol. The molecule has 0 heterocycles. The average Bonchev–Trinajstić information content (AvgIpc) is 3.16. The first kappa shape index (κ1) is 21.0. The lowest BCUT2D eigenvalue weighted by Gasteiger charge is -2.19. The lowest BCUT2D eigenvalue weighted by molar-refractivity contribution is -0.118. The maximum atomic E-state index is 12.7. The Kier molecular flexibility index (Phi) is 5.66. The highest BCUT2D eigenvalue weighted by molar-refractivity contribution is 5.89. The van der Waals surface area contributed by atoms with E-state index in [4.69, 9.17) is 4.74 Å². The largest absolute Gasteiger partial charge is 0.449 e. The Bertz CT molecular complexity index is 1290. The van der Waals surface area contributed by atoms with Crippen LogP contribution in [0.2, 0.25) is 0 Å². The third-order valence-corrected chi connectivity index (χ3v) is 6.43. The molecule has 0 bridgehead atoms. The zero-order valence-electron chi connectivity index (χ0n) is 18.5. The zero-order chi connectivity index (χ0) is 22.8. The molecule has 0 aliphatic heterocycles. The molecular weight excluding hydrogens is 410 g/mol. The van der Waals surface area contributed by atoms with Gasteiger partial charge >= 0.3 is 6.09 Å². The van der Waals surface area contributed by atoms with Crippen LogP contribution >= 0.6 is 0 Å². The van der Waals surface area contributed by atoms with E-state index in [-0.39, 0.29) is 18.3 Å². The van der Waals surface area contributed by atoms with Gasteiger partial charge in [0, 0.05) is 12.3 Å². The Morgan fingerprint density at radius 2 is 1.42 bits per heavy atom. The molecule has 33 heavy (non-hydrogen) atoms. The van der Waals surface area contributed by atoms with Gasteiger partial charge in [0.2, 0.25) is 0 Å². The van der Waals surface area contributed by atoms with Crippen LogP contribution in [0.1, 0.15) is 29.5 Å². The number of amides is 1. The molecule has 0 unspecified atom stereocenters. The zero-order valence-corrected chi connectivity index (χ0v) is 18.5. The summed E-state index contributed by atoms with van der Waals surface area (Å²) < 4.78 is 5.64. The summed E-state index contributed by atoms with van der Waals surface area (Å²) in [4.78, 5) is 25.0. The molecule has 0 saturated carbocycles. The molecule has 0 radical (unpaired) electrons. The van der Waals surface area contributed by atoms with Crippen molar-refractivity contribution in [1.82, 2.24) is 5.32 Å². The van der Waals surface area contributed by atoms with Crippen LogP contribution in [-0.4, -0.2) is 24.5 Å². The predicted octanol–water partition coefficient (Wildman–Crippen LogP) is 5.88. The molecule has 1 aliphatic rings. The van der Waals surface area contributed by atoms with Crippen LogP contribution in [0.4, 0.5) is 4.79 Å².